The van der Waals surface area contributed by atoms with Crippen molar-refractivity contribution in [2.24, 2.45) is 0 Å². The van der Waals surface area contributed by atoms with Gasteiger partial charge in [0.05, 0.1) is 17.2 Å². The van der Waals surface area contributed by atoms with Crippen LogP contribution in [0.5, 0.6) is 5.75 Å². The van der Waals surface area contributed by atoms with Crippen molar-refractivity contribution in [3.8, 4) is 5.75 Å². The summed E-state index contributed by atoms with van der Waals surface area (Å²) in [5, 5.41) is 4.35. The molecule has 1 aromatic carbocycles. The Hall–Kier alpha value is -0.600. The van der Waals surface area contributed by atoms with Crippen LogP contribution in [-0.2, 0) is 0 Å². The zero-order valence-corrected chi connectivity index (χ0v) is 10.6. The Morgan fingerprint density at radius 2 is 1.87 bits per heavy atom. The van der Waals surface area contributed by atoms with Crippen LogP contribution in [0.1, 0.15) is 20.3 Å². The lowest BCUT2D eigenvalue weighted by molar-refractivity contribution is 0.415. The van der Waals surface area contributed by atoms with Crippen molar-refractivity contribution in [1.29, 1.82) is 0 Å². The van der Waals surface area contributed by atoms with E-state index in [1.165, 1.54) is 0 Å². The summed E-state index contributed by atoms with van der Waals surface area (Å²) >= 11 is 12.0. The topological polar surface area (TPSA) is 21.3 Å². The fourth-order valence-corrected chi connectivity index (χ4v) is 1.87. The summed E-state index contributed by atoms with van der Waals surface area (Å²) in [6.07, 6.45) is 1.04. The average Bonchev–Trinajstić information content (AvgIpc) is 2.17. The predicted octanol–water partition coefficient (Wildman–Crippen LogP) is 4.21. The summed E-state index contributed by atoms with van der Waals surface area (Å²) in [5.74, 6) is 0.521. The van der Waals surface area contributed by atoms with Gasteiger partial charge < -0.3 is 10.1 Å². The minimum atomic E-state index is 0.394. The second kappa shape index (κ2) is 5.47. The van der Waals surface area contributed by atoms with Crippen molar-refractivity contribution in [3.05, 3.63) is 22.2 Å². The van der Waals surface area contributed by atoms with Gasteiger partial charge in [0.25, 0.3) is 0 Å². The molecule has 15 heavy (non-hydrogen) atoms. The van der Waals surface area contributed by atoms with Crippen LogP contribution in [0.15, 0.2) is 12.1 Å². The number of rotatable bonds is 4. The van der Waals surface area contributed by atoms with Gasteiger partial charge in [-0.15, -0.1) is 0 Å². The Bertz CT molecular complexity index is 318. The van der Waals surface area contributed by atoms with Gasteiger partial charge in [-0.2, -0.15) is 0 Å². The first-order chi connectivity index (χ1) is 7.08. The third-order valence-electron chi connectivity index (χ3n) is 2.23. The molecule has 0 saturated carbocycles. The molecule has 0 bridgehead atoms. The Morgan fingerprint density at radius 3 is 2.27 bits per heavy atom. The predicted molar refractivity (Wildman–Crippen MR) is 66.4 cm³/mol. The minimum absolute atomic E-state index is 0.394. The van der Waals surface area contributed by atoms with Gasteiger partial charge in [-0.1, -0.05) is 30.1 Å². The van der Waals surface area contributed by atoms with Crippen molar-refractivity contribution in [2.75, 3.05) is 12.4 Å². The number of halogens is 2. The van der Waals surface area contributed by atoms with E-state index in [1.54, 1.807) is 7.11 Å². The quantitative estimate of drug-likeness (QED) is 0.861. The summed E-state index contributed by atoms with van der Waals surface area (Å²) in [6, 6.07) is 4.03. The molecule has 0 aliphatic carbocycles. The van der Waals surface area contributed by atoms with Crippen LogP contribution in [-0.4, -0.2) is 13.2 Å². The van der Waals surface area contributed by atoms with Crippen LogP contribution >= 0.6 is 23.2 Å². The number of hydrogen-bond donors (Lipinski definition) is 1. The minimum Gasteiger partial charge on any atom is -0.494 e. The highest BCUT2D eigenvalue weighted by atomic mass is 35.5. The van der Waals surface area contributed by atoms with Crippen LogP contribution in [0.2, 0.25) is 10.0 Å². The molecule has 0 radical (unpaired) electrons. The summed E-state index contributed by atoms with van der Waals surface area (Å²) in [6.45, 7) is 4.22. The average molecular weight is 248 g/mol. The zero-order chi connectivity index (χ0) is 11.4. The largest absolute Gasteiger partial charge is 0.494 e. The molecule has 0 saturated heterocycles. The lowest BCUT2D eigenvalue weighted by Crippen LogP contribution is -2.13. The molecular formula is C11H15Cl2NO. The highest BCUT2D eigenvalue weighted by molar-refractivity contribution is 6.37. The Balaban J connectivity index is 2.93. The Kier molecular flexibility index (Phi) is 4.55. The molecule has 0 amide bonds. The number of methoxy groups -OCH3 is 1. The van der Waals surface area contributed by atoms with Gasteiger partial charge in [-0.25, -0.2) is 0 Å². The van der Waals surface area contributed by atoms with Crippen molar-refractivity contribution >= 4 is 28.9 Å². The molecule has 0 aromatic heterocycles. The molecule has 1 rings (SSSR count). The fourth-order valence-electron chi connectivity index (χ4n) is 1.22. The zero-order valence-electron chi connectivity index (χ0n) is 9.10. The second-order valence-electron chi connectivity index (χ2n) is 3.43. The van der Waals surface area contributed by atoms with Crippen LogP contribution in [0.3, 0.4) is 0 Å². The second-order valence-corrected chi connectivity index (χ2v) is 4.24. The van der Waals surface area contributed by atoms with Gasteiger partial charge in [0.1, 0.15) is 0 Å². The molecule has 0 heterocycles. The van der Waals surface area contributed by atoms with E-state index in [0.717, 1.165) is 12.1 Å². The van der Waals surface area contributed by atoms with Crippen LogP contribution in [0.4, 0.5) is 5.69 Å². The smallest absolute Gasteiger partial charge is 0.156 e. The summed E-state index contributed by atoms with van der Waals surface area (Å²) < 4.78 is 5.07. The van der Waals surface area contributed by atoms with Crippen molar-refractivity contribution in [2.45, 2.75) is 26.3 Å². The highest BCUT2D eigenvalue weighted by Crippen LogP contribution is 2.35. The molecule has 2 nitrogen and oxygen atoms in total. The fraction of sp³-hybridized carbons (Fsp3) is 0.455. The molecule has 0 fully saturated rings. The first-order valence-electron chi connectivity index (χ1n) is 4.88. The summed E-state index contributed by atoms with van der Waals surface area (Å²) in [7, 11) is 1.55. The maximum absolute atomic E-state index is 6.01. The van der Waals surface area contributed by atoms with E-state index >= 15 is 0 Å². The van der Waals surface area contributed by atoms with E-state index in [4.69, 9.17) is 27.9 Å². The maximum Gasteiger partial charge on any atom is 0.156 e. The number of hydrogen-bond acceptors (Lipinski definition) is 2. The molecule has 4 heteroatoms. The van der Waals surface area contributed by atoms with Gasteiger partial charge in [-0.3, -0.25) is 0 Å². The monoisotopic (exact) mass is 247 g/mol. The van der Waals surface area contributed by atoms with Crippen LogP contribution in [0, 0.1) is 0 Å². The Labute approximate surface area is 101 Å². The van der Waals surface area contributed by atoms with E-state index in [1.807, 2.05) is 12.1 Å². The van der Waals surface area contributed by atoms with Gasteiger partial charge in [0.15, 0.2) is 5.75 Å². The van der Waals surface area contributed by atoms with E-state index in [2.05, 4.69) is 19.2 Å². The third kappa shape index (κ3) is 3.18. The molecule has 0 spiro atoms. The molecule has 84 valence electrons. The van der Waals surface area contributed by atoms with Gasteiger partial charge in [-0.05, 0) is 25.5 Å². The molecule has 1 unspecified atom stereocenters. The van der Waals surface area contributed by atoms with Crippen molar-refractivity contribution in [3.63, 3.8) is 0 Å². The number of benzene rings is 1. The molecule has 0 aliphatic heterocycles. The molecular weight excluding hydrogens is 233 g/mol. The normalized spacial score (nSPS) is 12.3. The lowest BCUT2D eigenvalue weighted by Gasteiger charge is -2.15. The van der Waals surface area contributed by atoms with E-state index in [-0.39, 0.29) is 0 Å². The maximum atomic E-state index is 6.01. The SMILES string of the molecule is CCC(C)Nc1cc(Cl)c(OC)c(Cl)c1. The first kappa shape index (κ1) is 12.5. The number of ether oxygens (including phenoxy) is 1. The Morgan fingerprint density at radius 1 is 1.33 bits per heavy atom. The van der Waals surface area contributed by atoms with E-state index in [9.17, 15) is 0 Å². The van der Waals surface area contributed by atoms with Crippen molar-refractivity contribution in [1.82, 2.24) is 0 Å². The van der Waals surface area contributed by atoms with Gasteiger partial charge >= 0.3 is 0 Å². The number of nitrogens with one attached hydrogen (secondary N) is 1. The van der Waals surface area contributed by atoms with E-state index < -0.39 is 0 Å². The third-order valence-corrected chi connectivity index (χ3v) is 2.79. The highest BCUT2D eigenvalue weighted by Gasteiger charge is 2.09. The standard InChI is InChI=1S/C11H15Cl2NO/c1-4-7(2)14-8-5-9(12)11(15-3)10(13)6-8/h5-7,14H,4H2,1-3H3. The van der Waals surface area contributed by atoms with Crippen LogP contribution < -0.4 is 10.1 Å². The van der Waals surface area contributed by atoms with Crippen LogP contribution in [0.25, 0.3) is 0 Å². The summed E-state index contributed by atoms with van der Waals surface area (Å²) in [4.78, 5) is 0. The van der Waals surface area contributed by atoms with E-state index in [0.29, 0.717) is 21.8 Å². The first-order valence-corrected chi connectivity index (χ1v) is 5.63. The molecule has 1 atom stereocenters. The lowest BCUT2D eigenvalue weighted by atomic mass is 10.2. The summed E-state index contributed by atoms with van der Waals surface area (Å²) in [5.41, 5.74) is 0.917. The molecule has 1 aromatic rings. The molecule has 0 aliphatic rings. The van der Waals surface area contributed by atoms with Gasteiger partial charge in [0.2, 0.25) is 0 Å². The van der Waals surface area contributed by atoms with Gasteiger partial charge in [0, 0.05) is 11.7 Å². The molecule has 1 N–H and O–H groups in total. The number of anilines is 1. The van der Waals surface area contributed by atoms with Crippen molar-refractivity contribution < 1.29 is 4.74 Å².